The molecule has 0 bridgehead atoms. The van der Waals surface area contributed by atoms with Gasteiger partial charge >= 0.3 is 11.9 Å². The van der Waals surface area contributed by atoms with Crippen LogP contribution in [0.15, 0.2) is 29.1 Å². The first kappa shape index (κ1) is 11.8. The van der Waals surface area contributed by atoms with Gasteiger partial charge in [-0.25, -0.2) is 9.59 Å². The normalized spacial score (nSPS) is 10.3. The number of fused-ring (bicyclic) bond motifs is 1. The maximum Gasteiger partial charge on any atom is 0.354 e. The molecule has 6 nitrogen and oxygen atoms in total. The number of rotatable bonds is 2. The van der Waals surface area contributed by atoms with Crippen molar-refractivity contribution in [2.75, 3.05) is 7.11 Å². The first-order chi connectivity index (χ1) is 8.52. The molecule has 0 atom stereocenters. The Kier molecular flexibility index (Phi) is 2.85. The molecule has 6 heteroatoms. The van der Waals surface area contributed by atoms with Crippen molar-refractivity contribution < 1.29 is 19.4 Å². The summed E-state index contributed by atoms with van der Waals surface area (Å²) in [4.78, 5) is 36.6. The molecule has 0 spiro atoms. The number of pyridine rings is 1. The molecule has 0 aliphatic rings. The summed E-state index contributed by atoms with van der Waals surface area (Å²) in [5.74, 6) is -1.77. The molecule has 2 rings (SSSR count). The molecule has 0 saturated heterocycles. The van der Waals surface area contributed by atoms with Gasteiger partial charge in [-0.15, -0.1) is 0 Å². The molecule has 92 valence electrons. The molecule has 2 aromatic rings. The van der Waals surface area contributed by atoms with E-state index in [9.17, 15) is 14.4 Å². The smallest absolute Gasteiger partial charge is 0.354 e. The van der Waals surface area contributed by atoms with E-state index in [-0.39, 0.29) is 16.6 Å². The second-order valence-electron chi connectivity index (χ2n) is 3.60. The fourth-order valence-corrected chi connectivity index (χ4v) is 1.60. The Hall–Kier alpha value is -2.63. The highest BCUT2D eigenvalue weighted by atomic mass is 16.5. The maximum absolute atomic E-state index is 11.8. The molecule has 1 heterocycles. The molecule has 0 unspecified atom stereocenters. The number of esters is 1. The topological polar surface area (TPSA) is 96.5 Å². The zero-order valence-electron chi connectivity index (χ0n) is 9.39. The lowest BCUT2D eigenvalue weighted by molar-refractivity contribution is 0.0593. The van der Waals surface area contributed by atoms with Gasteiger partial charge in [0, 0.05) is 17.0 Å². The average Bonchev–Trinajstić information content (AvgIpc) is 2.37. The second kappa shape index (κ2) is 4.33. The van der Waals surface area contributed by atoms with Crippen LogP contribution in [-0.4, -0.2) is 29.1 Å². The van der Waals surface area contributed by atoms with Crippen molar-refractivity contribution in [2.24, 2.45) is 0 Å². The number of methoxy groups -OCH3 is 1. The molecule has 0 amide bonds. The molecular weight excluding hydrogens is 238 g/mol. The molecule has 18 heavy (non-hydrogen) atoms. The summed E-state index contributed by atoms with van der Waals surface area (Å²) in [6, 6.07) is 5.13. The Balaban J connectivity index is 2.70. The monoisotopic (exact) mass is 247 g/mol. The molecule has 1 aromatic heterocycles. The van der Waals surface area contributed by atoms with Crippen LogP contribution in [-0.2, 0) is 4.74 Å². The molecule has 0 aliphatic heterocycles. The minimum absolute atomic E-state index is 0.0128. The number of carboxylic acids is 1. The number of aromatic nitrogens is 1. The quantitative estimate of drug-likeness (QED) is 0.772. The third-order valence-electron chi connectivity index (χ3n) is 2.48. The zero-order valence-corrected chi connectivity index (χ0v) is 9.39. The van der Waals surface area contributed by atoms with E-state index < -0.39 is 17.4 Å². The van der Waals surface area contributed by atoms with Crippen LogP contribution < -0.4 is 5.43 Å². The highest BCUT2D eigenvalue weighted by Crippen LogP contribution is 2.11. The van der Waals surface area contributed by atoms with Gasteiger partial charge in [-0.1, -0.05) is 0 Å². The van der Waals surface area contributed by atoms with Crippen LogP contribution in [0.2, 0.25) is 0 Å². The predicted molar refractivity (Wildman–Crippen MR) is 62.9 cm³/mol. The van der Waals surface area contributed by atoms with Crippen molar-refractivity contribution >= 4 is 22.8 Å². The third-order valence-corrected chi connectivity index (χ3v) is 2.48. The Morgan fingerprint density at radius 3 is 2.61 bits per heavy atom. The number of carboxylic acid groups (broad SMARTS) is 1. The standard InChI is InChI=1S/C12H9NO5/c1-18-12(17)9-5-10(14)7-4-6(11(15)16)2-3-8(7)13-9/h2-5H,1H3,(H,13,14)(H,15,16). The lowest BCUT2D eigenvalue weighted by Crippen LogP contribution is -2.12. The van der Waals surface area contributed by atoms with Gasteiger partial charge in [0.15, 0.2) is 5.43 Å². The third kappa shape index (κ3) is 1.95. The van der Waals surface area contributed by atoms with Crippen LogP contribution in [0, 0.1) is 0 Å². The predicted octanol–water partition coefficient (Wildman–Crippen LogP) is 1.01. The van der Waals surface area contributed by atoms with Crippen LogP contribution in [0.1, 0.15) is 20.8 Å². The van der Waals surface area contributed by atoms with Crippen molar-refractivity contribution in [3.63, 3.8) is 0 Å². The van der Waals surface area contributed by atoms with E-state index in [1.165, 1.54) is 25.3 Å². The summed E-state index contributed by atoms with van der Waals surface area (Å²) < 4.78 is 4.50. The Bertz CT molecular complexity index is 701. The fourth-order valence-electron chi connectivity index (χ4n) is 1.60. The molecule has 1 aromatic carbocycles. The van der Waals surface area contributed by atoms with Crippen molar-refractivity contribution in [3.05, 3.63) is 45.7 Å². The van der Waals surface area contributed by atoms with E-state index in [4.69, 9.17) is 5.11 Å². The van der Waals surface area contributed by atoms with E-state index >= 15 is 0 Å². The van der Waals surface area contributed by atoms with Gasteiger partial charge in [-0.2, -0.15) is 0 Å². The number of benzene rings is 1. The van der Waals surface area contributed by atoms with Crippen LogP contribution >= 0.6 is 0 Å². The van der Waals surface area contributed by atoms with Gasteiger partial charge in [-0.3, -0.25) is 4.79 Å². The molecule has 0 radical (unpaired) electrons. The molecule has 0 saturated carbocycles. The number of hydrogen-bond acceptors (Lipinski definition) is 4. The van der Waals surface area contributed by atoms with Gasteiger partial charge in [0.2, 0.25) is 0 Å². The lowest BCUT2D eigenvalue weighted by atomic mass is 10.1. The molecule has 0 fully saturated rings. The average molecular weight is 247 g/mol. The summed E-state index contributed by atoms with van der Waals surface area (Å²) in [6.07, 6.45) is 0. The molecule has 2 N–H and O–H groups in total. The van der Waals surface area contributed by atoms with Gasteiger partial charge in [-0.05, 0) is 18.2 Å². The minimum atomic E-state index is -1.12. The summed E-state index contributed by atoms with van der Waals surface area (Å²) in [7, 11) is 1.21. The van der Waals surface area contributed by atoms with E-state index in [1.807, 2.05) is 0 Å². The number of ether oxygens (including phenoxy) is 1. The van der Waals surface area contributed by atoms with Gasteiger partial charge in [0.25, 0.3) is 0 Å². The van der Waals surface area contributed by atoms with Gasteiger partial charge in [0.1, 0.15) is 5.69 Å². The fraction of sp³-hybridized carbons (Fsp3) is 0.0833. The summed E-state index contributed by atoms with van der Waals surface area (Å²) in [5.41, 5.74) is -0.0166. The SMILES string of the molecule is COC(=O)c1cc(=O)c2cc(C(=O)O)ccc2[nH]1. The number of nitrogens with one attached hydrogen (secondary N) is 1. The summed E-state index contributed by atoms with van der Waals surface area (Å²) in [5, 5.41) is 9.04. The number of hydrogen-bond donors (Lipinski definition) is 2. The number of carbonyl (C=O) groups is 2. The van der Waals surface area contributed by atoms with Crippen molar-refractivity contribution in [1.29, 1.82) is 0 Å². The van der Waals surface area contributed by atoms with E-state index in [2.05, 4.69) is 9.72 Å². The van der Waals surface area contributed by atoms with Crippen molar-refractivity contribution in [3.8, 4) is 0 Å². The zero-order chi connectivity index (χ0) is 13.3. The van der Waals surface area contributed by atoms with Crippen LogP contribution in [0.3, 0.4) is 0 Å². The van der Waals surface area contributed by atoms with Crippen LogP contribution in [0.5, 0.6) is 0 Å². The highest BCUT2D eigenvalue weighted by molar-refractivity contribution is 5.95. The molecule has 0 aliphatic carbocycles. The van der Waals surface area contributed by atoms with E-state index in [0.717, 1.165) is 6.07 Å². The first-order valence-corrected chi connectivity index (χ1v) is 5.01. The van der Waals surface area contributed by atoms with Crippen LogP contribution in [0.4, 0.5) is 0 Å². The van der Waals surface area contributed by atoms with Crippen molar-refractivity contribution in [1.82, 2.24) is 4.98 Å². The van der Waals surface area contributed by atoms with Crippen molar-refractivity contribution in [2.45, 2.75) is 0 Å². The first-order valence-electron chi connectivity index (χ1n) is 5.01. The second-order valence-corrected chi connectivity index (χ2v) is 3.60. The highest BCUT2D eigenvalue weighted by Gasteiger charge is 2.11. The maximum atomic E-state index is 11.8. The Labute approximate surface area is 101 Å². The summed E-state index contributed by atoms with van der Waals surface area (Å²) in [6.45, 7) is 0. The number of aromatic carboxylic acids is 1. The van der Waals surface area contributed by atoms with E-state index in [1.54, 1.807) is 0 Å². The number of carbonyl (C=O) groups excluding carboxylic acids is 1. The number of H-pyrrole nitrogens is 1. The van der Waals surface area contributed by atoms with Gasteiger partial charge < -0.3 is 14.8 Å². The van der Waals surface area contributed by atoms with Crippen LogP contribution in [0.25, 0.3) is 10.9 Å². The molecular formula is C12H9NO5. The largest absolute Gasteiger partial charge is 0.478 e. The Morgan fingerprint density at radius 2 is 2.00 bits per heavy atom. The minimum Gasteiger partial charge on any atom is -0.478 e. The lowest BCUT2D eigenvalue weighted by Gasteiger charge is -2.03. The number of aromatic amines is 1. The summed E-state index contributed by atoms with van der Waals surface area (Å²) >= 11 is 0. The van der Waals surface area contributed by atoms with E-state index in [0.29, 0.717) is 5.52 Å². The Morgan fingerprint density at radius 1 is 1.28 bits per heavy atom. The van der Waals surface area contributed by atoms with Gasteiger partial charge in [0.05, 0.1) is 12.7 Å².